The normalized spacial score (nSPS) is 15.2. The van der Waals surface area contributed by atoms with Crippen molar-refractivity contribution in [2.75, 3.05) is 32.7 Å². The molecule has 25 heavy (non-hydrogen) atoms. The van der Waals surface area contributed by atoms with E-state index in [1.165, 1.54) is 0 Å². The molecule has 0 amide bonds. The van der Waals surface area contributed by atoms with E-state index in [9.17, 15) is 0 Å². The Morgan fingerprint density at radius 1 is 1.08 bits per heavy atom. The first-order valence-corrected chi connectivity index (χ1v) is 9.43. The van der Waals surface area contributed by atoms with Crippen molar-refractivity contribution in [1.29, 1.82) is 0 Å². The van der Waals surface area contributed by atoms with Crippen LogP contribution in [0.1, 0.15) is 18.1 Å². The molecule has 132 valence electrons. The molecule has 1 fully saturated rings. The molecule has 3 nitrogen and oxygen atoms in total. The fraction of sp³-hybridized carbons (Fsp3) is 0.350. The van der Waals surface area contributed by atoms with Crippen molar-refractivity contribution in [3.8, 4) is 5.75 Å². The van der Waals surface area contributed by atoms with Gasteiger partial charge in [-0.25, -0.2) is 0 Å². The molecule has 0 saturated carbocycles. The van der Waals surface area contributed by atoms with Gasteiger partial charge in [0.05, 0.1) is 0 Å². The Morgan fingerprint density at radius 3 is 2.48 bits per heavy atom. The Kier molecular flexibility index (Phi) is 6.29. The van der Waals surface area contributed by atoms with Gasteiger partial charge in [-0.05, 0) is 36.4 Å². The van der Waals surface area contributed by atoms with Gasteiger partial charge in [0.25, 0.3) is 0 Å². The summed E-state index contributed by atoms with van der Waals surface area (Å²) in [5, 5.41) is 0.735. The van der Waals surface area contributed by atoms with Crippen molar-refractivity contribution >= 4 is 28.8 Å². The topological polar surface area (TPSA) is 15.7 Å². The van der Waals surface area contributed by atoms with Gasteiger partial charge in [0.15, 0.2) is 0 Å². The maximum Gasteiger partial charge on any atom is 0.120 e. The molecule has 0 atom stereocenters. The third-order valence-electron chi connectivity index (χ3n) is 4.51. The lowest BCUT2D eigenvalue weighted by molar-refractivity contribution is 0.192. The number of ether oxygens (including phenoxy) is 1. The van der Waals surface area contributed by atoms with Crippen molar-refractivity contribution in [2.24, 2.45) is 0 Å². The first kappa shape index (κ1) is 18.2. The van der Waals surface area contributed by atoms with E-state index >= 15 is 0 Å². The summed E-state index contributed by atoms with van der Waals surface area (Å²) in [5.41, 5.74) is 2.14. The number of piperazine rings is 1. The Labute approximate surface area is 160 Å². The summed E-state index contributed by atoms with van der Waals surface area (Å²) in [6, 6.07) is 15.8. The predicted octanol–water partition coefficient (Wildman–Crippen LogP) is 4.23. The summed E-state index contributed by atoms with van der Waals surface area (Å²) in [5.74, 6) is 0.835. The van der Waals surface area contributed by atoms with Gasteiger partial charge in [-0.1, -0.05) is 55.0 Å². The molecule has 3 rings (SSSR count). The van der Waals surface area contributed by atoms with Crippen molar-refractivity contribution in [1.82, 2.24) is 9.80 Å². The summed E-state index contributed by atoms with van der Waals surface area (Å²) in [4.78, 5) is 5.65. The van der Waals surface area contributed by atoms with Gasteiger partial charge >= 0.3 is 0 Å². The van der Waals surface area contributed by atoms with Crippen LogP contribution in [0.4, 0.5) is 0 Å². The van der Waals surface area contributed by atoms with Gasteiger partial charge in [-0.2, -0.15) is 0 Å². The largest absolute Gasteiger partial charge is 0.489 e. The van der Waals surface area contributed by atoms with E-state index in [1.807, 2.05) is 42.5 Å². The minimum atomic E-state index is 0.516. The second-order valence-corrected chi connectivity index (χ2v) is 6.99. The van der Waals surface area contributed by atoms with Crippen LogP contribution in [0.15, 0.2) is 48.5 Å². The molecular weight excluding hydrogens is 352 g/mol. The molecule has 5 heteroatoms. The smallest absolute Gasteiger partial charge is 0.120 e. The summed E-state index contributed by atoms with van der Waals surface area (Å²) < 4.78 is 5.92. The number of nitrogens with zero attached hydrogens (tertiary/aromatic N) is 2. The van der Waals surface area contributed by atoms with Crippen LogP contribution < -0.4 is 4.74 Å². The number of likely N-dealkylation sites (N-methyl/N-ethyl adjacent to an activating group) is 1. The Bertz CT molecular complexity index is 712. The van der Waals surface area contributed by atoms with E-state index in [0.29, 0.717) is 6.61 Å². The van der Waals surface area contributed by atoms with Crippen LogP contribution in [0.5, 0.6) is 5.75 Å². The van der Waals surface area contributed by atoms with Crippen molar-refractivity contribution < 1.29 is 4.74 Å². The lowest BCUT2D eigenvalue weighted by atomic mass is 10.2. The zero-order valence-corrected chi connectivity index (χ0v) is 16.0. The third kappa shape index (κ3) is 4.94. The maximum absolute atomic E-state index is 5.92. The summed E-state index contributed by atoms with van der Waals surface area (Å²) in [7, 11) is 0. The molecular formula is C20H23ClN2OS. The Morgan fingerprint density at radius 2 is 1.80 bits per heavy atom. The summed E-state index contributed by atoms with van der Waals surface area (Å²) in [6.45, 7) is 7.95. The van der Waals surface area contributed by atoms with E-state index in [1.54, 1.807) is 0 Å². The van der Waals surface area contributed by atoms with Crippen molar-refractivity contribution in [2.45, 2.75) is 13.5 Å². The van der Waals surface area contributed by atoms with Crippen LogP contribution in [-0.4, -0.2) is 47.5 Å². The molecule has 0 spiro atoms. The second kappa shape index (κ2) is 8.65. The highest BCUT2D eigenvalue weighted by Crippen LogP contribution is 2.19. The van der Waals surface area contributed by atoms with E-state index in [4.69, 9.17) is 28.6 Å². The number of benzene rings is 2. The van der Waals surface area contributed by atoms with E-state index < -0.39 is 0 Å². The van der Waals surface area contributed by atoms with Crippen LogP contribution in [0.25, 0.3) is 0 Å². The molecule has 2 aromatic carbocycles. The average molecular weight is 375 g/mol. The quantitative estimate of drug-likeness (QED) is 0.727. The lowest BCUT2D eigenvalue weighted by Gasteiger charge is -2.35. The molecule has 0 aliphatic carbocycles. The highest BCUT2D eigenvalue weighted by atomic mass is 35.5. The zero-order valence-electron chi connectivity index (χ0n) is 14.5. The second-order valence-electron chi connectivity index (χ2n) is 6.17. The predicted molar refractivity (Wildman–Crippen MR) is 108 cm³/mol. The van der Waals surface area contributed by atoms with Gasteiger partial charge < -0.3 is 14.5 Å². The zero-order chi connectivity index (χ0) is 17.6. The molecule has 1 heterocycles. The molecule has 0 aromatic heterocycles. The molecule has 0 radical (unpaired) electrons. The van der Waals surface area contributed by atoms with Crippen LogP contribution in [0, 0.1) is 0 Å². The minimum absolute atomic E-state index is 0.516. The van der Waals surface area contributed by atoms with Crippen LogP contribution in [-0.2, 0) is 6.61 Å². The highest BCUT2D eigenvalue weighted by molar-refractivity contribution is 7.80. The lowest BCUT2D eigenvalue weighted by Crippen LogP contribution is -2.48. The molecule has 0 bridgehead atoms. The van der Waals surface area contributed by atoms with E-state index in [0.717, 1.165) is 59.6 Å². The number of rotatable bonds is 5. The molecule has 1 aliphatic heterocycles. The first-order chi connectivity index (χ1) is 12.2. The number of hydrogen-bond acceptors (Lipinski definition) is 3. The van der Waals surface area contributed by atoms with Gasteiger partial charge in [-0.3, -0.25) is 0 Å². The fourth-order valence-electron chi connectivity index (χ4n) is 2.92. The van der Waals surface area contributed by atoms with Gasteiger partial charge in [0, 0.05) is 36.8 Å². The Hall–Kier alpha value is -1.62. The standard InChI is InChI=1S/C20H23ClN2OS/c1-2-22-10-12-23(13-11-22)20(25)17-4-3-5-19(14-17)24-15-16-6-8-18(21)9-7-16/h3-9,14H,2,10-13,15H2,1H3. The van der Waals surface area contributed by atoms with Crippen molar-refractivity contribution in [3.63, 3.8) is 0 Å². The monoisotopic (exact) mass is 374 g/mol. The van der Waals surface area contributed by atoms with Gasteiger partial charge in [0.1, 0.15) is 17.3 Å². The fourth-order valence-corrected chi connectivity index (χ4v) is 3.35. The first-order valence-electron chi connectivity index (χ1n) is 8.64. The maximum atomic E-state index is 5.92. The molecule has 0 N–H and O–H groups in total. The van der Waals surface area contributed by atoms with Crippen molar-refractivity contribution in [3.05, 3.63) is 64.7 Å². The number of thiocarbonyl (C=S) groups is 1. The number of hydrogen-bond donors (Lipinski definition) is 0. The van der Waals surface area contributed by atoms with Crippen LogP contribution >= 0.6 is 23.8 Å². The van der Waals surface area contributed by atoms with Crippen LogP contribution in [0.2, 0.25) is 5.02 Å². The van der Waals surface area contributed by atoms with E-state index in [-0.39, 0.29) is 0 Å². The molecule has 2 aromatic rings. The van der Waals surface area contributed by atoms with Crippen LogP contribution in [0.3, 0.4) is 0 Å². The van der Waals surface area contributed by atoms with Gasteiger partial charge in [-0.15, -0.1) is 0 Å². The average Bonchev–Trinajstić information content (AvgIpc) is 2.67. The SMILES string of the molecule is CCN1CCN(C(=S)c2cccc(OCc3ccc(Cl)cc3)c2)CC1. The van der Waals surface area contributed by atoms with E-state index in [2.05, 4.69) is 22.8 Å². The molecule has 0 unspecified atom stereocenters. The molecule has 1 aliphatic rings. The Balaban J connectivity index is 1.61. The summed E-state index contributed by atoms with van der Waals surface area (Å²) in [6.07, 6.45) is 0. The number of halogens is 1. The molecule has 1 saturated heterocycles. The van der Waals surface area contributed by atoms with Gasteiger partial charge in [0.2, 0.25) is 0 Å². The highest BCUT2D eigenvalue weighted by Gasteiger charge is 2.18. The third-order valence-corrected chi connectivity index (χ3v) is 5.25. The summed E-state index contributed by atoms with van der Waals surface area (Å²) >= 11 is 11.6. The minimum Gasteiger partial charge on any atom is -0.489 e.